The lowest BCUT2D eigenvalue weighted by Crippen LogP contribution is -2.34. The molecule has 0 aliphatic carbocycles. The van der Waals surface area contributed by atoms with Crippen LogP contribution in [0.15, 0.2) is 41.7 Å². The Balaban J connectivity index is 1.72. The molecule has 3 rings (SSSR count). The zero-order chi connectivity index (χ0) is 12.2. The van der Waals surface area contributed by atoms with E-state index in [0.717, 1.165) is 23.2 Å². The number of nitrogens with zero attached hydrogens (tertiary/aromatic N) is 2. The minimum Gasteiger partial charge on any atom is -0.361 e. The fourth-order valence-electron chi connectivity index (χ4n) is 2.20. The molecule has 0 amide bonds. The van der Waals surface area contributed by atoms with Gasteiger partial charge >= 0.3 is 0 Å². The molecule has 0 saturated carbocycles. The van der Waals surface area contributed by atoms with Crippen molar-refractivity contribution in [3.63, 3.8) is 0 Å². The second-order valence-electron chi connectivity index (χ2n) is 4.48. The van der Waals surface area contributed by atoms with Crippen molar-refractivity contribution in [3.05, 3.63) is 42.2 Å². The van der Waals surface area contributed by atoms with Crippen LogP contribution >= 0.6 is 11.8 Å². The number of rotatable bonds is 1. The Bertz CT molecular complexity index is 464. The quantitative estimate of drug-likeness (QED) is 0.772. The summed E-state index contributed by atoms with van der Waals surface area (Å²) in [6.07, 6.45) is 5.57. The highest BCUT2D eigenvalue weighted by molar-refractivity contribution is 8.21. The van der Waals surface area contributed by atoms with Crippen LogP contribution in [0.25, 0.3) is 4.91 Å². The van der Waals surface area contributed by atoms with Crippen molar-refractivity contribution in [1.29, 1.82) is 0 Å². The number of amidine groups is 1. The molecule has 3 nitrogen and oxygen atoms in total. The van der Waals surface area contributed by atoms with E-state index >= 15 is 0 Å². The number of thioether (sulfide) groups is 1. The monoisotopic (exact) mass is 260 g/mol. The molecular formula is C14H16N2OS. The van der Waals surface area contributed by atoms with Crippen LogP contribution in [0.2, 0.25) is 0 Å². The van der Waals surface area contributed by atoms with Gasteiger partial charge in [0.1, 0.15) is 6.26 Å². The third kappa shape index (κ3) is 2.53. The standard InChI is InChI=1S/C14H16N2OS/c1-3-7-12(8-4-1)13-11-17-15-14(18-13)16-9-5-2-6-10-16/h1,3-4,7-8,11H,2,5-6,9-10H2. The first-order chi connectivity index (χ1) is 8.93. The molecule has 0 unspecified atom stereocenters. The molecule has 4 heteroatoms. The van der Waals surface area contributed by atoms with E-state index in [9.17, 15) is 0 Å². The van der Waals surface area contributed by atoms with Gasteiger partial charge in [-0.3, -0.25) is 0 Å². The van der Waals surface area contributed by atoms with Crippen LogP contribution in [0.4, 0.5) is 0 Å². The summed E-state index contributed by atoms with van der Waals surface area (Å²) in [5, 5.41) is 5.15. The van der Waals surface area contributed by atoms with Gasteiger partial charge in [0.05, 0.1) is 4.91 Å². The Kier molecular flexibility index (Phi) is 3.55. The van der Waals surface area contributed by atoms with Crippen LogP contribution in [0.1, 0.15) is 24.8 Å². The predicted octanol–water partition coefficient (Wildman–Crippen LogP) is 3.51. The molecule has 0 bridgehead atoms. The first kappa shape index (κ1) is 11.7. The molecule has 1 saturated heterocycles. The summed E-state index contributed by atoms with van der Waals surface area (Å²) in [4.78, 5) is 8.72. The van der Waals surface area contributed by atoms with E-state index in [1.54, 1.807) is 18.0 Å². The number of benzene rings is 1. The lowest BCUT2D eigenvalue weighted by molar-refractivity contribution is 0.254. The van der Waals surface area contributed by atoms with Gasteiger partial charge in [0.15, 0.2) is 0 Å². The zero-order valence-corrected chi connectivity index (χ0v) is 11.0. The van der Waals surface area contributed by atoms with E-state index in [1.165, 1.54) is 24.8 Å². The maximum Gasteiger partial charge on any atom is 0.208 e. The number of likely N-dealkylation sites (tertiary alicyclic amines) is 1. The van der Waals surface area contributed by atoms with Gasteiger partial charge in [0.25, 0.3) is 0 Å². The Morgan fingerprint density at radius 2 is 1.83 bits per heavy atom. The molecule has 2 heterocycles. The van der Waals surface area contributed by atoms with Crippen molar-refractivity contribution in [3.8, 4) is 0 Å². The number of piperidine rings is 1. The SMILES string of the molecule is C1=C(c2ccccc2)SC(N2CCCCC2)=NO1. The highest BCUT2D eigenvalue weighted by atomic mass is 32.2. The molecular weight excluding hydrogens is 244 g/mol. The summed E-state index contributed by atoms with van der Waals surface area (Å²) >= 11 is 1.70. The maximum absolute atomic E-state index is 5.27. The molecule has 1 aromatic carbocycles. The van der Waals surface area contributed by atoms with Gasteiger partial charge in [-0.2, -0.15) is 0 Å². The van der Waals surface area contributed by atoms with Gasteiger partial charge in [-0.05, 0) is 36.6 Å². The van der Waals surface area contributed by atoms with Gasteiger partial charge in [0.2, 0.25) is 5.17 Å². The first-order valence-electron chi connectivity index (χ1n) is 6.36. The summed E-state index contributed by atoms with van der Waals surface area (Å²) in [6.45, 7) is 2.19. The summed E-state index contributed by atoms with van der Waals surface area (Å²) in [5.74, 6) is 0. The highest BCUT2D eigenvalue weighted by Crippen LogP contribution is 2.33. The van der Waals surface area contributed by atoms with E-state index in [1.807, 2.05) is 18.2 Å². The lowest BCUT2D eigenvalue weighted by atomic mass is 10.1. The van der Waals surface area contributed by atoms with E-state index in [2.05, 4.69) is 22.2 Å². The molecule has 0 spiro atoms. The molecule has 0 aromatic heterocycles. The van der Waals surface area contributed by atoms with Crippen molar-refractivity contribution in [2.45, 2.75) is 19.3 Å². The van der Waals surface area contributed by atoms with Crippen molar-refractivity contribution in [2.24, 2.45) is 5.16 Å². The average Bonchev–Trinajstić information content (AvgIpc) is 2.49. The number of hydrogen-bond donors (Lipinski definition) is 0. The molecule has 18 heavy (non-hydrogen) atoms. The van der Waals surface area contributed by atoms with Gasteiger partial charge in [-0.15, -0.1) is 0 Å². The Hall–Kier alpha value is -1.42. The van der Waals surface area contributed by atoms with Gasteiger partial charge in [-0.1, -0.05) is 35.5 Å². The maximum atomic E-state index is 5.27. The minimum absolute atomic E-state index is 0.996. The van der Waals surface area contributed by atoms with Gasteiger partial charge in [-0.25, -0.2) is 0 Å². The van der Waals surface area contributed by atoms with Crippen molar-refractivity contribution < 1.29 is 4.84 Å². The third-order valence-corrected chi connectivity index (χ3v) is 4.24. The van der Waals surface area contributed by atoms with Crippen LogP contribution in [0.5, 0.6) is 0 Å². The summed E-state index contributed by atoms with van der Waals surface area (Å²) in [5.41, 5.74) is 1.19. The zero-order valence-electron chi connectivity index (χ0n) is 10.2. The van der Waals surface area contributed by atoms with E-state index in [-0.39, 0.29) is 0 Å². The Morgan fingerprint density at radius 3 is 2.61 bits per heavy atom. The predicted molar refractivity (Wildman–Crippen MR) is 76.0 cm³/mol. The van der Waals surface area contributed by atoms with E-state index in [0.29, 0.717) is 0 Å². The number of oxime groups is 1. The minimum atomic E-state index is 0.996. The molecule has 94 valence electrons. The largest absolute Gasteiger partial charge is 0.361 e. The Morgan fingerprint density at radius 1 is 1.06 bits per heavy atom. The van der Waals surface area contributed by atoms with Crippen LogP contribution in [0, 0.1) is 0 Å². The van der Waals surface area contributed by atoms with Crippen molar-refractivity contribution >= 4 is 21.8 Å². The van der Waals surface area contributed by atoms with Crippen LogP contribution < -0.4 is 0 Å². The van der Waals surface area contributed by atoms with Crippen LogP contribution in [0.3, 0.4) is 0 Å². The molecule has 0 N–H and O–H groups in total. The molecule has 0 atom stereocenters. The van der Waals surface area contributed by atoms with E-state index < -0.39 is 0 Å². The average molecular weight is 260 g/mol. The summed E-state index contributed by atoms with van der Waals surface area (Å²) in [7, 11) is 0. The fourth-order valence-corrected chi connectivity index (χ4v) is 3.13. The topological polar surface area (TPSA) is 24.8 Å². The third-order valence-electron chi connectivity index (χ3n) is 3.18. The van der Waals surface area contributed by atoms with Gasteiger partial charge in [0, 0.05) is 13.1 Å². The number of hydrogen-bond acceptors (Lipinski definition) is 4. The van der Waals surface area contributed by atoms with Crippen LogP contribution in [-0.4, -0.2) is 23.2 Å². The first-order valence-corrected chi connectivity index (χ1v) is 7.17. The van der Waals surface area contributed by atoms with Crippen molar-refractivity contribution in [1.82, 2.24) is 4.90 Å². The molecule has 1 fully saturated rings. The molecule has 2 aliphatic rings. The summed E-state index contributed by atoms with van der Waals surface area (Å²) < 4.78 is 0. The fraction of sp³-hybridized carbons (Fsp3) is 0.357. The normalized spacial score (nSPS) is 19.9. The highest BCUT2D eigenvalue weighted by Gasteiger charge is 2.20. The van der Waals surface area contributed by atoms with E-state index in [4.69, 9.17) is 4.84 Å². The smallest absolute Gasteiger partial charge is 0.208 e. The molecule has 0 radical (unpaired) electrons. The molecule has 1 aromatic rings. The van der Waals surface area contributed by atoms with Crippen molar-refractivity contribution in [2.75, 3.05) is 13.1 Å². The second-order valence-corrected chi connectivity index (χ2v) is 5.49. The summed E-state index contributed by atoms with van der Waals surface area (Å²) in [6, 6.07) is 10.3. The second kappa shape index (κ2) is 5.48. The molecule has 2 aliphatic heterocycles. The lowest BCUT2D eigenvalue weighted by Gasteiger charge is -2.29. The Labute approximate surface area is 111 Å². The van der Waals surface area contributed by atoms with Crippen LogP contribution in [-0.2, 0) is 4.84 Å². The van der Waals surface area contributed by atoms with Gasteiger partial charge < -0.3 is 9.74 Å².